The Morgan fingerprint density at radius 1 is 1.33 bits per heavy atom. The van der Waals surface area contributed by atoms with Gasteiger partial charge in [-0.1, -0.05) is 0 Å². The molecule has 82 valence electrons. The molecule has 0 aliphatic carbocycles. The number of rotatable bonds is 5. The highest BCUT2D eigenvalue weighted by molar-refractivity contribution is 7.92. The second-order valence-electron chi connectivity index (χ2n) is 3.09. The molecule has 0 fully saturated rings. The average molecular weight is 229 g/mol. The van der Waals surface area contributed by atoms with E-state index in [0.29, 0.717) is 6.42 Å². The van der Waals surface area contributed by atoms with Crippen molar-refractivity contribution in [3.05, 3.63) is 30.1 Å². The van der Waals surface area contributed by atoms with Crippen molar-refractivity contribution in [2.75, 3.05) is 11.5 Å². The standard InChI is InChI=1S/C9H11NO4S/c11-9(12)7-15(13,14)6-3-8-1-4-10-5-2-8/h1-2,4-5H,3,6-7H2,(H,11,12). The van der Waals surface area contributed by atoms with Crippen molar-refractivity contribution in [1.82, 2.24) is 4.98 Å². The zero-order valence-electron chi connectivity index (χ0n) is 7.96. The number of aliphatic carboxylic acids is 1. The predicted molar refractivity (Wildman–Crippen MR) is 54.2 cm³/mol. The third kappa shape index (κ3) is 4.55. The zero-order chi connectivity index (χ0) is 11.3. The maximum atomic E-state index is 11.2. The summed E-state index contributed by atoms with van der Waals surface area (Å²) >= 11 is 0. The van der Waals surface area contributed by atoms with Crippen LogP contribution in [0.2, 0.25) is 0 Å². The lowest BCUT2D eigenvalue weighted by atomic mass is 10.2. The Labute approximate surface area is 87.7 Å². The number of aromatic nitrogens is 1. The van der Waals surface area contributed by atoms with Gasteiger partial charge < -0.3 is 5.11 Å². The van der Waals surface area contributed by atoms with Crippen LogP contribution in [-0.4, -0.2) is 36.0 Å². The van der Waals surface area contributed by atoms with Crippen molar-refractivity contribution in [2.45, 2.75) is 6.42 Å². The molecule has 0 unspecified atom stereocenters. The molecular weight excluding hydrogens is 218 g/mol. The van der Waals surface area contributed by atoms with Gasteiger partial charge >= 0.3 is 5.97 Å². The van der Waals surface area contributed by atoms with E-state index in [1.54, 1.807) is 24.5 Å². The Hall–Kier alpha value is -1.43. The summed E-state index contributed by atoms with van der Waals surface area (Å²) in [6, 6.07) is 3.41. The number of carboxylic acids is 1. The summed E-state index contributed by atoms with van der Waals surface area (Å²) in [7, 11) is -3.50. The van der Waals surface area contributed by atoms with E-state index in [4.69, 9.17) is 5.11 Å². The number of nitrogens with zero attached hydrogens (tertiary/aromatic N) is 1. The summed E-state index contributed by atoms with van der Waals surface area (Å²) in [5.74, 6) is -2.27. The monoisotopic (exact) mass is 229 g/mol. The lowest BCUT2D eigenvalue weighted by Crippen LogP contribution is -2.19. The van der Waals surface area contributed by atoms with Gasteiger partial charge in [0.05, 0.1) is 5.75 Å². The van der Waals surface area contributed by atoms with Gasteiger partial charge in [-0.05, 0) is 24.1 Å². The Morgan fingerprint density at radius 3 is 2.47 bits per heavy atom. The highest BCUT2D eigenvalue weighted by Crippen LogP contribution is 2.01. The molecule has 5 nitrogen and oxygen atoms in total. The van der Waals surface area contributed by atoms with Crippen molar-refractivity contribution in [3.63, 3.8) is 0 Å². The third-order valence-corrected chi connectivity index (χ3v) is 3.31. The molecule has 0 saturated heterocycles. The smallest absolute Gasteiger partial charge is 0.318 e. The Bertz CT molecular complexity index is 427. The number of hydrogen-bond acceptors (Lipinski definition) is 4. The van der Waals surface area contributed by atoms with Gasteiger partial charge in [-0.3, -0.25) is 9.78 Å². The fourth-order valence-electron chi connectivity index (χ4n) is 1.08. The highest BCUT2D eigenvalue weighted by atomic mass is 32.2. The number of aryl methyl sites for hydroxylation is 1. The van der Waals surface area contributed by atoms with Crippen molar-refractivity contribution in [1.29, 1.82) is 0 Å². The number of pyridine rings is 1. The minimum atomic E-state index is -3.50. The van der Waals surface area contributed by atoms with Crippen LogP contribution in [0.5, 0.6) is 0 Å². The minimum absolute atomic E-state index is 0.149. The van der Waals surface area contributed by atoms with Crippen LogP contribution in [0, 0.1) is 0 Å². The van der Waals surface area contributed by atoms with E-state index in [-0.39, 0.29) is 5.75 Å². The normalized spacial score (nSPS) is 11.2. The van der Waals surface area contributed by atoms with Gasteiger partial charge in [0.2, 0.25) is 0 Å². The van der Waals surface area contributed by atoms with E-state index in [2.05, 4.69) is 4.98 Å². The van der Waals surface area contributed by atoms with Crippen LogP contribution in [0.15, 0.2) is 24.5 Å². The first-order chi connectivity index (χ1) is 6.99. The van der Waals surface area contributed by atoms with Crippen LogP contribution >= 0.6 is 0 Å². The SMILES string of the molecule is O=C(O)CS(=O)(=O)CCc1ccncc1. The summed E-state index contributed by atoms with van der Waals surface area (Å²) < 4.78 is 22.4. The molecule has 1 heterocycles. The fourth-order valence-corrected chi connectivity index (χ4v) is 2.15. The molecule has 0 spiro atoms. The molecule has 1 rings (SSSR count). The first-order valence-corrected chi connectivity index (χ1v) is 6.13. The Balaban J connectivity index is 2.54. The Kier molecular flexibility index (Phi) is 3.79. The third-order valence-electron chi connectivity index (χ3n) is 1.79. The molecule has 0 radical (unpaired) electrons. The number of hydrogen-bond donors (Lipinski definition) is 1. The summed E-state index contributed by atoms with van der Waals surface area (Å²) in [4.78, 5) is 14.0. The summed E-state index contributed by atoms with van der Waals surface area (Å²) in [5.41, 5.74) is 0.832. The largest absolute Gasteiger partial charge is 0.480 e. The van der Waals surface area contributed by atoms with Gasteiger partial charge in [0, 0.05) is 12.4 Å². The summed E-state index contributed by atoms with van der Waals surface area (Å²) in [6.07, 6.45) is 3.45. The Morgan fingerprint density at radius 2 is 1.93 bits per heavy atom. The molecule has 0 aromatic carbocycles. The first kappa shape index (κ1) is 11.6. The number of carbonyl (C=O) groups is 1. The van der Waals surface area contributed by atoms with Crippen molar-refractivity contribution >= 4 is 15.8 Å². The molecule has 0 saturated carbocycles. The topological polar surface area (TPSA) is 84.3 Å². The highest BCUT2D eigenvalue weighted by Gasteiger charge is 2.15. The van der Waals surface area contributed by atoms with Gasteiger partial charge in [0.1, 0.15) is 5.75 Å². The second-order valence-corrected chi connectivity index (χ2v) is 5.28. The lowest BCUT2D eigenvalue weighted by molar-refractivity contribution is -0.134. The molecule has 0 bridgehead atoms. The molecule has 0 aliphatic rings. The summed E-state index contributed by atoms with van der Waals surface area (Å²) in [5, 5.41) is 8.36. The molecular formula is C9H11NO4S. The van der Waals surface area contributed by atoms with E-state index < -0.39 is 21.6 Å². The van der Waals surface area contributed by atoms with Gasteiger partial charge in [0.15, 0.2) is 9.84 Å². The van der Waals surface area contributed by atoms with Gasteiger partial charge in [-0.25, -0.2) is 8.42 Å². The molecule has 6 heteroatoms. The van der Waals surface area contributed by atoms with E-state index >= 15 is 0 Å². The molecule has 1 aromatic heterocycles. The summed E-state index contributed by atoms with van der Waals surface area (Å²) in [6.45, 7) is 0. The quantitative estimate of drug-likeness (QED) is 0.775. The molecule has 1 aromatic rings. The molecule has 0 atom stereocenters. The van der Waals surface area contributed by atoms with E-state index in [1.165, 1.54) is 0 Å². The number of sulfone groups is 1. The zero-order valence-corrected chi connectivity index (χ0v) is 8.77. The van der Waals surface area contributed by atoms with E-state index in [9.17, 15) is 13.2 Å². The lowest BCUT2D eigenvalue weighted by Gasteiger charge is -2.01. The van der Waals surface area contributed by atoms with Crippen LogP contribution in [0.3, 0.4) is 0 Å². The van der Waals surface area contributed by atoms with Gasteiger partial charge in [-0.15, -0.1) is 0 Å². The van der Waals surface area contributed by atoms with Crippen molar-refractivity contribution in [2.24, 2.45) is 0 Å². The van der Waals surface area contributed by atoms with E-state index in [0.717, 1.165) is 5.56 Å². The van der Waals surface area contributed by atoms with Crippen LogP contribution in [-0.2, 0) is 21.1 Å². The maximum absolute atomic E-state index is 11.2. The minimum Gasteiger partial charge on any atom is -0.480 e. The van der Waals surface area contributed by atoms with Gasteiger partial charge in [0.25, 0.3) is 0 Å². The molecule has 0 amide bonds. The maximum Gasteiger partial charge on any atom is 0.318 e. The van der Waals surface area contributed by atoms with Crippen molar-refractivity contribution in [3.8, 4) is 0 Å². The first-order valence-electron chi connectivity index (χ1n) is 4.31. The predicted octanol–water partition coefficient (Wildman–Crippen LogP) is 0.123. The van der Waals surface area contributed by atoms with Crippen LogP contribution in [0.1, 0.15) is 5.56 Å². The van der Waals surface area contributed by atoms with Gasteiger partial charge in [-0.2, -0.15) is 0 Å². The van der Waals surface area contributed by atoms with Crippen LogP contribution in [0.4, 0.5) is 0 Å². The van der Waals surface area contributed by atoms with E-state index in [1.807, 2.05) is 0 Å². The average Bonchev–Trinajstić information content (AvgIpc) is 2.15. The molecule has 1 N–H and O–H groups in total. The molecule has 15 heavy (non-hydrogen) atoms. The fraction of sp³-hybridized carbons (Fsp3) is 0.333. The second kappa shape index (κ2) is 4.88. The van der Waals surface area contributed by atoms with Crippen molar-refractivity contribution < 1.29 is 18.3 Å². The van der Waals surface area contributed by atoms with Crippen LogP contribution < -0.4 is 0 Å². The number of carboxylic acid groups (broad SMARTS) is 1. The molecule has 0 aliphatic heterocycles. The van der Waals surface area contributed by atoms with Crippen LogP contribution in [0.25, 0.3) is 0 Å².